The minimum Gasteiger partial charge on any atom is -0.480 e. The Bertz CT molecular complexity index is 2650. The Hall–Kier alpha value is -4.20. The lowest BCUT2D eigenvalue weighted by Crippen LogP contribution is -2.49. The maximum atomic E-state index is 13.8. The fourth-order valence-electron chi connectivity index (χ4n) is 6.84. The number of amides is 1. The van der Waals surface area contributed by atoms with Crippen molar-refractivity contribution in [1.29, 1.82) is 0 Å². The summed E-state index contributed by atoms with van der Waals surface area (Å²) in [5, 5.41) is 13.6. The number of para-hydroxylation sites is 1. The molecule has 1 amide bonds. The Morgan fingerprint density at radius 2 is 1.52 bits per heavy atom. The fraction of sp³-hybridized carbons (Fsp3) is 0.395. The summed E-state index contributed by atoms with van der Waals surface area (Å²) in [7, 11) is -17.8. The summed E-state index contributed by atoms with van der Waals surface area (Å²) in [6, 6.07) is 11.2. The van der Waals surface area contributed by atoms with Crippen LogP contribution in [0.3, 0.4) is 0 Å². The summed E-state index contributed by atoms with van der Waals surface area (Å²) in [6.45, 7) is 4.52. The zero-order valence-electron chi connectivity index (χ0n) is 33.3. The van der Waals surface area contributed by atoms with Crippen molar-refractivity contribution >= 4 is 75.5 Å². The van der Waals surface area contributed by atoms with Crippen LogP contribution in [0.4, 0.5) is 5.69 Å². The second kappa shape index (κ2) is 19.5. The molecule has 0 aromatic heterocycles. The highest BCUT2D eigenvalue weighted by atomic mass is 32.2. The van der Waals surface area contributed by atoms with Gasteiger partial charge in [0.2, 0.25) is 5.91 Å². The van der Waals surface area contributed by atoms with Crippen molar-refractivity contribution in [3.63, 3.8) is 0 Å². The van der Waals surface area contributed by atoms with Crippen LogP contribution in [0, 0.1) is 12.3 Å². The van der Waals surface area contributed by atoms with Crippen molar-refractivity contribution in [3.05, 3.63) is 100 Å². The van der Waals surface area contributed by atoms with E-state index >= 15 is 0 Å². The first-order chi connectivity index (χ1) is 28.1. The lowest BCUT2D eigenvalue weighted by molar-refractivity contribution is -0.156. The molecule has 1 aliphatic carbocycles. The molecule has 1 heterocycles. The number of thioether (sulfide) groups is 1. The van der Waals surface area contributed by atoms with Gasteiger partial charge in [-0.25, -0.2) is 0 Å². The number of nitrogens with one attached hydrogen (secondary N) is 1. The number of aliphatic imine (C=N–C) groups is 1. The minimum absolute atomic E-state index is 0.0675. The highest BCUT2D eigenvalue weighted by molar-refractivity contribution is 8.03. The van der Waals surface area contributed by atoms with Crippen molar-refractivity contribution in [2.24, 2.45) is 10.4 Å². The van der Waals surface area contributed by atoms with Crippen LogP contribution in [0.15, 0.2) is 104 Å². The predicted molar refractivity (Wildman–Crippen MR) is 230 cm³/mol. The number of hydrogen-bond acceptors (Lipinski definition) is 13. The monoisotopic (exact) mass is 945 g/mol. The van der Waals surface area contributed by atoms with Gasteiger partial charge in [0.25, 0.3) is 40.5 Å². The number of aliphatic carboxylic acids is 1. The lowest BCUT2D eigenvalue weighted by Gasteiger charge is -2.33. The van der Waals surface area contributed by atoms with E-state index in [1.165, 1.54) is 42.1 Å². The molecule has 4 rings (SSSR count). The number of carbonyl (C=O) groups excluding carboxylic acids is 1. The third-order valence-corrected chi connectivity index (χ3v) is 14.2. The maximum absolute atomic E-state index is 13.8. The van der Waals surface area contributed by atoms with E-state index in [0.717, 1.165) is 10.6 Å². The van der Waals surface area contributed by atoms with Gasteiger partial charge in [0.15, 0.2) is 5.41 Å². The van der Waals surface area contributed by atoms with Gasteiger partial charge in [0, 0.05) is 35.7 Å². The van der Waals surface area contributed by atoms with Crippen LogP contribution in [-0.4, -0.2) is 111 Å². The summed E-state index contributed by atoms with van der Waals surface area (Å²) in [5.41, 5.74) is -0.808. The Kier molecular flexibility index (Phi) is 15.8. The lowest BCUT2D eigenvalue weighted by atomic mass is 9.71. The van der Waals surface area contributed by atoms with Gasteiger partial charge in [-0.3, -0.25) is 32.8 Å². The van der Waals surface area contributed by atoms with E-state index in [9.17, 15) is 66.6 Å². The molecule has 2 aliphatic rings. The average molecular weight is 946 g/mol. The zero-order chi connectivity index (χ0) is 45.6. The third-order valence-electron chi connectivity index (χ3n) is 9.85. The number of carboxylic acids is 1. The number of carboxylic acid groups (broad SMARTS) is 1. The van der Waals surface area contributed by atoms with Crippen molar-refractivity contribution in [3.8, 4) is 0 Å². The molecule has 23 heteroatoms. The Morgan fingerprint density at radius 1 is 0.885 bits per heavy atom. The van der Waals surface area contributed by atoms with Crippen LogP contribution in [0.2, 0.25) is 0 Å². The number of benzene rings is 2. The summed E-state index contributed by atoms with van der Waals surface area (Å²) < 4.78 is 131. The number of nitrogens with zero attached hydrogens (tertiary/aromatic N) is 2. The van der Waals surface area contributed by atoms with Crippen molar-refractivity contribution in [2.45, 2.75) is 61.7 Å². The van der Waals surface area contributed by atoms with Crippen molar-refractivity contribution in [1.82, 2.24) is 5.32 Å². The van der Waals surface area contributed by atoms with E-state index in [4.69, 9.17) is 0 Å². The first kappa shape index (κ1) is 49.5. The Labute approximate surface area is 359 Å². The molecule has 61 heavy (non-hydrogen) atoms. The third kappa shape index (κ3) is 13.9. The molecule has 0 radical (unpaired) electrons. The van der Waals surface area contributed by atoms with Crippen molar-refractivity contribution in [2.75, 3.05) is 41.8 Å². The van der Waals surface area contributed by atoms with Crippen LogP contribution >= 0.6 is 11.8 Å². The SMILES string of the molecule is Cc1ccc(S(=O)(=O)O)cc1C(C)(C)C(/C=C/C1=CC(=C/C=C2\Sc3ccccc3N2CCCS(=O)(=O)O)/CC(C(=O)O)(C(=O)NCCS(=O)(=O)O)C1)=NCCCS(=O)(=O)O. The molecule has 0 saturated heterocycles. The van der Waals surface area contributed by atoms with Crippen LogP contribution in [0.5, 0.6) is 0 Å². The summed E-state index contributed by atoms with van der Waals surface area (Å²) >= 11 is 1.34. The van der Waals surface area contributed by atoms with Gasteiger partial charge >= 0.3 is 5.97 Å². The number of anilines is 1. The number of allylic oxidation sites excluding steroid dienone is 7. The predicted octanol–water partition coefficient (Wildman–Crippen LogP) is 4.25. The molecule has 2 aromatic rings. The van der Waals surface area contributed by atoms with Crippen molar-refractivity contribution < 1.29 is 66.6 Å². The van der Waals surface area contributed by atoms with E-state index < -0.39 is 98.3 Å². The Morgan fingerprint density at radius 3 is 2.15 bits per heavy atom. The first-order valence-corrected chi connectivity index (χ1v) is 25.5. The molecule has 0 bridgehead atoms. The molecule has 18 nitrogen and oxygen atoms in total. The largest absolute Gasteiger partial charge is 0.480 e. The summed E-state index contributed by atoms with van der Waals surface area (Å²) in [5.74, 6) is -4.60. The van der Waals surface area contributed by atoms with Gasteiger partial charge in [0.1, 0.15) is 0 Å². The van der Waals surface area contributed by atoms with Gasteiger partial charge in [-0.15, -0.1) is 0 Å². The highest BCUT2D eigenvalue weighted by Crippen LogP contribution is 2.46. The number of rotatable bonds is 19. The van der Waals surface area contributed by atoms with Crippen LogP contribution in [0.25, 0.3) is 0 Å². The summed E-state index contributed by atoms with van der Waals surface area (Å²) in [6.07, 6.45) is 6.99. The molecule has 0 saturated carbocycles. The minimum atomic E-state index is -4.64. The van der Waals surface area contributed by atoms with Gasteiger partial charge in [-0.1, -0.05) is 62.0 Å². The average Bonchev–Trinajstić information content (AvgIpc) is 3.48. The first-order valence-electron chi connectivity index (χ1n) is 18.5. The second-order valence-corrected chi connectivity index (χ2v) is 22.1. The van der Waals surface area contributed by atoms with E-state index in [0.29, 0.717) is 21.7 Å². The fourth-order valence-corrected chi connectivity index (χ4v) is 9.79. The second-order valence-electron chi connectivity index (χ2n) is 14.9. The van der Waals surface area contributed by atoms with Gasteiger partial charge < -0.3 is 15.3 Å². The standard InChI is InChI=1S/C38H47N3O15S5/c1-26-10-13-29(61(54,55)56)23-30(26)37(2,3)33(39-16-6-19-58(45,46)47)14-11-27-22-28(25-38(24-27,36(43)44)35(42)40-17-21-60(51,52)53)12-15-34-41(18-7-20-59(48,49)50)31-8-4-5-9-32(31)57-34/h4-5,8-15,22-23H,6-7,16-21,24-25H2,1-3H3,(H,40,42)(H,43,44)(H,45,46,47)(H,48,49,50)(H,51,52,53)(H,54,55,56)/b14-11+,28-12-,34-15-,39-33?. The number of aryl methyl sites for hydroxylation is 1. The quantitative estimate of drug-likeness (QED) is 0.0496. The molecule has 6 N–H and O–H groups in total. The molecule has 1 atom stereocenters. The van der Waals surface area contributed by atoms with Gasteiger partial charge in [-0.05, 0) is 91.3 Å². The van der Waals surface area contributed by atoms with E-state index in [-0.39, 0.29) is 43.6 Å². The highest BCUT2D eigenvalue weighted by Gasteiger charge is 2.48. The zero-order valence-corrected chi connectivity index (χ0v) is 37.3. The van der Waals surface area contributed by atoms with Crippen LogP contribution in [-0.2, 0) is 55.5 Å². The molecule has 334 valence electrons. The smallest absolute Gasteiger partial charge is 0.319 e. The van der Waals surface area contributed by atoms with E-state index in [1.54, 1.807) is 45.1 Å². The van der Waals surface area contributed by atoms with E-state index in [2.05, 4.69) is 10.3 Å². The van der Waals surface area contributed by atoms with E-state index in [1.807, 2.05) is 23.1 Å². The molecule has 2 aromatic carbocycles. The maximum Gasteiger partial charge on any atom is 0.319 e. The molecule has 1 aliphatic heterocycles. The molecule has 0 spiro atoms. The van der Waals surface area contributed by atoms with Gasteiger partial charge in [0.05, 0.1) is 32.9 Å². The van der Waals surface area contributed by atoms with Crippen LogP contribution < -0.4 is 10.2 Å². The molecule has 1 unspecified atom stereocenters. The number of hydrogen-bond donors (Lipinski definition) is 6. The molecule has 0 fully saturated rings. The normalized spacial score (nSPS) is 19.4. The number of carbonyl (C=O) groups is 2. The summed E-state index contributed by atoms with van der Waals surface area (Å²) in [4.78, 5) is 33.8. The molecular formula is C38H47N3O15S5. The van der Waals surface area contributed by atoms with Crippen LogP contribution in [0.1, 0.15) is 50.7 Å². The van der Waals surface area contributed by atoms with Gasteiger partial charge in [-0.2, -0.15) is 33.7 Å². The Balaban J connectivity index is 1.85. The number of fused-ring (bicyclic) bond motifs is 1. The molecular weight excluding hydrogens is 899 g/mol. The topological polar surface area (TPSA) is 299 Å².